The Kier molecular flexibility index (Phi) is 4.85. The minimum atomic E-state index is -3.56. The molecule has 0 aliphatic rings. The molecule has 21 heavy (non-hydrogen) atoms. The van der Waals surface area contributed by atoms with Gasteiger partial charge in [-0.15, -0.1) is 0 Å². The van der Waals surface area contributed by atoms with Gasteiger partial charge in [0.15, 0.2) is 0 Å². The summed E-state index contributed by atoms with van der Waals surface area (Å²) in [5, 5.41) is 0. The van der Waals surface area contributed by atoms with Gasteiger partial charge in [-0.2, -0.15) is 0 Å². The van der Waals surface area contributed by atoms with Crippen LogP contribution in [-0.4, -0.2) is 19.8 Å². The minimum Gasteiger partial charge on any atom is -0.263 e. The zero-order valence-electron chi connectivity index (χ0n) is 11.8. The first-order valence-corrected chi connectivity index (χ1v) is 8.62. The van der Waals surface area contributed by atoms with E-state index < -0.39 is 10.0 Å². The van der Waals surface area contributed by atoms with Gasteiger partial charge >= 0.3 is 0 Å². The summed E-state index contributed by atoms with van der Waals surface area (Å²) in [6.07, 6.45) is 1.77. The first kappa shape index (κ1) is 15.8. The van der Waals surface area contributed by atoms with Crippen molar-refractivity contribution in [3.63, 3.8) is 0 Å². The summed E-state index contributed by atoms with van der Waals surface area (Å²) in [4.78, 5) is 0.272. The summed E-state index contributed by atoms with van der Waals surface area (Å²) in [5.41, 5.74) is 1.95. The van der Waals surface area contributed by atoms with Gasteiger partial charge in [-0.3, -0.25) is 4.31 Å². The van der Waals surface area contributed by atoms with Crippen LogP contribution in [0.2, 0.25) is 0 Å². The van der Waals surface area contributed by atoms with Crippen molar-refractivity contribution in [1.29, 1.82) is 0 Å². The molecule has 3 nitrogen and oxygen atoms in total. The average molecular weight is 366 g/mol. The smallest absolute Gasteiger partial charge is 0.263 e. The molecule has 0 unspecified atom stereocenters. The maximum absolute atomic E-state index is 12.5. The maximum Gasteiger partial charge on any atom is 0.264 e. The van der Waals surface area contributed by atoms with Crippen LogP contribution >= 0.6 is 15.9 Å². The lowest BCUT2D eigenvalue weighted by Gasteiger charge is -2.19. The molecule has 0 atom stereocenters. The molecule has 0 bridgehead atoms. The maximum atomic E-state index is 12.5. The standard InChI is InChI=1S/C16H16BrNO2S/c1-13-8-10-15(11-9-13)21(19,20)18(2)16(17)12-14-6-4-3-5-7-14/h3-12H,1-2H3/b16-12-. The van der Waals surface area contributed by atoms with E-state index in [1.165, 1.54) is 11.4 Å². The molecule has 5 heteroatoms. The Morgan fingerprint density at radius 1 is 1.05 bits per heavy atom. The van der Waals surface area contributed by atoms with Gasteiger partial charge in [0, 0.05) is 7.05 Å². The van der Waals surface area contributed by atoms with Crippen LogP contribution in [-0.2, 0) is 10.0 Å². The molecule has 2 aromatic carbocycles. The molecule has 2 rings (SSSR count). The topological polar surface area (TPSA) is 37.4 Å². The van der Waals surface area contributed by atoms with E-state index >= 15 is 0 Å². The normalized spacial score (nSPS) is 12.2. The van der Waals surface area contributed by atoms with Crippen LogP contribution < -0.4 is 0 Å². The number of sulfonamides is 1. The molecule has 0 saturated carbocycles. The third kappa shape index (κ3) is 3.74. The van der Waals surface area contributed by atoms with Crippen LogP contribution in [0.25, 0.3) is 6.08 Å². The summed E-state index contributed by atoms with van der Waals surface area (Å²) in [6.45, 7) is 1.92. The largest absolute Gasteiger partial charge is 0.264 e. The molecule has 0 aliphatic carbocycles. The molecule has 0 fully saturated rings. The van der Waals surface area contributed by atoms with Gasteiger partial charge in [0.1, 0.15) is 0 Å². The molecule has 0 N–H and O–H groups in total. The van der Waals surface area contributed by atoms with Crippen molar-refractivity contribution in [3.05, 3.63) is 70.3 Å². The number of rotatable bonds is 4. The monoisotopic (exact) mass is 365 g/mol. The number of benzene rings is 2. The van der Waals surface area contributed by atoms with Crippen LogP contribution in [0, 0.1) is 6.92 Å². The van der Waals surface area contributed by atoms with Crippen molar-refractivity contribution in [3.8, 4) is 0 Å². The number of hydrogen-bond donors (Lipinski definition) is 0. The predicted molar refractivity (Wildman–Crippen MR) is 89.5 cm³/mol. The molecule has 0 aliphatic heterocycles. The second-order valence-electron chi connectivity index (χ2n) is 4.66. The Hall–Kier alpha value is -1.59. The second kappa shape index (κ2) is 6.45. The third-order valence-corrected chi connectivity index (χ3v) is 5.85. The fourth-order valence-corrected chi connectivity index (χ4v) is 3.68. The lowest BCUT2D eigenvalue weighted by Crippen LogP contribution is -2.24. The Morgan fingerprint density at radius 3 is 2.19 bits per heavy atom. The first-order valence-electron chi connectivity index (χ1n) is 6.39. The van der Waals surface area contributed by atoms with Crippen molar-refractivity contribution >= 4 is 32.0 Å². The first-order chi connectivity index (χ1) is 9.91. The third-order valence-electron chi connectivity index (χ3n) is 3.07. The Balaban J connectivity index is 2.32. The van der Waals surface area contributed by atoms with Gasteiger partial charge in [0.25, 0.3) is 10.0 Å². The van der Waals surface area contributed by atoms with Crippen LogP contribution in [0.4, 0.5) is 0 Å². The van der Waals surface area contributed by atoms with Crippen molar-refractivity contribution in [2.24, 2.45) is 0 Å². The summed E-state index contributed by atoms with van der Waals surface area (Å²) in [6, 6.07) is 16.3. The van der Waals surface area contributed by atoms with Crippen molar-refractivity contribution in [1.82, 2.24) is 4.31 Å². The summed E-state index contributed by atoms with van der Waals surface area (Å²) < 4.78 is 26.8. The summed E-state index contributed by atoms with van der Waals surface area (Å²) in [7, 11) is -2.03. The van der Waals surface area contributed by atoms with E-state index in [1.807, 2.05) is 37.3 Å². The molecule has 110 valence electrons. The highest BCUT2D eigenvalue weighted by Crippen LogP contribution is 2.23. The lowest BCUT2D eigenvalue weighted by molar-refractivity contribution is 0.537. The van der Waals surface area contributed by atoms with Gasteiger partial charge in [-0.25, -0.2) is 8.42 Å². The number of aryl methyl sites for hydroxylation is 1. The number of halogens is 1. The van der Waals surface area contributed by atoms with E-state index in [0.29, 0.717) is 4.61 Å². The molecular weight excluding hydrogens is 350 g/mol. The lowest BCUT2D eigenvalue weighted by atomic mass is 10.2. The fourth-order valence-electron chi connectivity index (χ4n) is 1.76. The van der Waals surface area contributed by atoms with Crippen molar-refractivity contribution < 1.29 is 8.42 Å². The predicted octanol–water partition coefficient (Wildman–Crippen LogP) is 4.01. The van der Waals surface area contributed by atoms with Crippen LogP contribution in [0.15, 0.2) is 64.1 Å². The van der Waals surface area contributed by atoms with Gasteiger partial charge in [0.2, 0.25) is 0 Å². The molecule has 0 saturated heterocycles. The molecule has 0 spiro atoms. The highest BCUT2D eigenvalue weighted by atomic mass is 79.9. The molecule has 0 amide bonds. The zero-order valence-corrected chi connectivity index (χ0v) is 14.2. The van der Waals surface area contributed by atoms with Crippen LogP contribution in [0.1, 0.15) is 11.1 Å². The van der Waals surface area contributed by atoms with E-state index in [9.17, 15) is 8.42 Å². The van der Waals surface area contributed by atoms with E-state index in [0.717, 1.165) is 11.1 Å². The van der Waals surface area contributed by atoms with E-state index in [2.05, 4.69) is 15.9 Å². The highest BCUT2D eigenvalue weighted by Gasteiger charge is 2.21. The summed E-state index contributed by atoms with van der Waals surface area (Å²) >= 11 is 3.34. The Bertz CT molecular complexity index is 738. The molecule has 0 aromatic heterocycles. The second-order valence-corrected chi connectivity index (χ2v) is 7.45. The quantitative estimate of drug-likeness (QED) is 0.767. The number of nitrogens with zero attached hydrogens (tertiary/aromatic N) is 1. The Morgan fingerprint density at radius 2 is 1.62 bits per heavy atom. The molecule has 0 heterocycles. The van der Waals surface area contributed by atoms with E-state index in [1.54, 1.807) is 30.3 Å². The van der Waals surface area contributed by atoms with Gasteiger partial charge in [-0.1, -0.05) is 48.0 Å². The Labute approximate surface area is 134 Å². The fraction of sp³-hybridized carbons (Fsp3) is 0.125. The van der Waals surface area contributed by atoms with Crippen LogP contribution in [0.5, 0.6) is 0 Å². The summed E-state index contributed by atoms with van der Waals surface area (Å²) in [5.74, 6) is 0. The minimum absolute atomic E-state index is 0.272. The number of hydrogen-bond acceptors (Lipinski definition) is 2. The highest BCUT2D eigenvalue weighted by molar-refractivity contribution is 9.11. The van der Waals surface area contributed by atoms with E-state index in [-0.39, 0.29) is 4.90 Å². The molecule has 0 radical (unpaired) electrons. The van der Waals surface area contributed by atoms with E-state index in [4.69, 9.17) is 0 Å². The SMILES string of the molecule is Cc1ccc(S(=O)(=O)N(C)/C(Br)=C\c2ccccc2)cc1. The van der Waals surface area contributed by atoms with Gasteiger partial charge in [0.05, 0.1) is 9.50 Å². The van der Waals surface area contributed by atoms with Crippen LogP contribution in [0.3, 0.4) is 0 Å². The molecule has 2 aromatic rings. The molecular formula is C16H16BrNO2S. The van der Waals surface area contributed by atoms with Gasteiger partial charge in [-0.05, 0) is 46.6 Å². The van der Waals surface area contributed by atoms with Gasteiger partial charge < -0.3 is 0 Å². The average Bonchev–Trinajstić information content (AvgIpc) is 2.48. The zero-order chi connectivity index (χ0) is 15.5. The van der Waals surface area contributed by atoms with Crippen molar-refractivity contribution in [2.45, 2.75) is 11.8 Å². The van der Waals surface area contributed by atoms with Crippen molar-refractivity contribution in [2.75, 3.05) is 7.05 Å².